The van der Waals surface area contributed by atoms with Gasteiger partial charge in [0.15, 0.2) is 0 Å². The minimum atomic E-state index is -3.68. The normalized spacial score (nSPS) is 13.4. The van der Waals surface area contributed by atoms with Gasteiger partial charge in [-0.1, -0.05) is 6.92 Å². The van der Waals surface area contributed by atoms with Crippen LogP contribution >= 0.6 is 11.6 Å². The number of aromatic carboxylic acids is 1. The van der Waals surface area contributed by atoms with Gasteiger partial charge in [0.1, 0.15) is 0 Å². The van der Waals surface area contributed by atoms with Gasteiger partial charge in [0.05, 0.1) is 26.8 Å². The van der Waals surface area contributed by atoms with Gasteiger partial charge in [-0.15, -0.1) is 0 Å². The van der Waals surface area contributed by atoms with Crippen LogP contribution in [0, 0.1) is 6.92 Å². The molecule has 100 valence electrons. The molecule has 0 heterocycles. The summed E-state index contributed by atoms with van der Waals surface area (Å²) >= 11 is 4.95. The predicted octanol–water partition coefficient (Wildman–Crippen LogP) is 3.11. The highest BCUT2D eigenvalue weighted by atomic mass is 35.5. The number of hydrogen-bond donors (Lipinski definition) is 1. The SMILES string of the molecule is CC[S@@](=O)c1c(C(F)(F)Cl)ccc(C(=O)O)c1C. The van der Waals surface area contributed by atoms with Gasteiger partial charge in [0.2, 0.25) is 0 Å². The second kappa shape index (κ2) is 5.32. The molecule has 7 heteroatoms. The molecule has 1 N–H and O–H groups in total. The third-order valence-corrected chi connectivity index (χ3v) is 4.14. The molecule has 1 aromatic carbocycles. The molecule has 0 aromatic heterocycles. The molecule has 0 amide bonds. The lowest BCUT2D eigenvalue weighted by molar-refractivity contribution is 0.0693. The summed E-state index contributed by atoms with van der Waals surface area (Å²) in [6.07, 6.45) is 0. The fraction of sp³-hybridized carbons (Fsp3) is 0.364. The Bertz CT molecular complexity index is 512. The third-order valence-electron chi connectivity index (χ3n) is 2.43. The van der Waals surface area contributed by atoms with E-state index >= 15 is 0 Å². The summed E-state index contributed by atoms with van der Waals surface area (Å²) in [5.41, 5.74) is -0.705. The van der Waals surface area contributed by atoms with Crippen LogP contribution in [0.2, 0.25) is 0 Å². The summed E-state index contributed by atoms with van der Waals surface area (Å²) in [5.74, 6) is -1.16. The Hall–Kier alpha value is -1.01. The topological polar surface area (TPSA) is 54.4 Å². The van der Waals surface area contributed by atoms with E-state index in [1.54, 1.807) is 6.92 Å². The van der Waals surface area contributed by atoms with Crippen LogP contribution in [0.5, 0.6) is 0 Å². The number of halogens is 3. The Kier molecular flexibility index (Phi) is 4.45. The van der Waals surface area contributed by atoms with Crippen molar-refractivity contribution >= 4 is 28.4 Å². The molecule has 0 saturated carbocycles. The smallest absolute Gasteiger partial charge is 0.349 e. The number of hydrogen-bond acceptors (Lipinski definition) is 2. The van der Waals surface area contributed by atoms with Gasteiger partial charge in [-0.3, -0.25) is 4.21 Å². The van der Waals surface area contributed by atoms with Crippen molar-refractivity contribution in [1.82, 2.24) is 0 Å². The van der Waals surface area contributed by atoms with Crippen molar-refractivity contribution in [3.05, 3.63) is 28.8 Å². The van der Waals surface area contributed by atoms with E-state index in [1.165, 1.54) is 6.92 Å². The quantitative estimate of drug-likeness (QED) is 0.869. The van der Waals surface area contributed by atoms with Crippen LogP contribution in [-0.4, -0.2) is 21.0 Å². The second-order valence-electron chi connectivity index (χ2n) is 3.55. The lowest BCUT2D eigenvalue weighted by atomic mass is 10.1. The van der Waals surface area contributed by atoms with Crippen molar-refractivity contribution in [3.63, 3.8) is 0 Å². The van der Waals surface area contributed by atoms with Crippen LogP contribution in [0.1, 0.15) is 28.4 Å². The van der Waals surface area contributed by atoms with E-state index in [4.69, 9.17) is 16.7 Å². The monoisotopic (exact) mass is 296 g/mol. The fourth-order valence-corrected chi connectivity index (χ4v) is 2.98. The molecule has 0 aliphatic rings. The van der Waals surface area contributed by atoms with Crippen LogP contribution in [0.3, 0.4) is 0 Å². The van der Waals surface area contributed by atoms with E-state index in [-0.39, 0.29) is 21.8 Å². The highest BCUT2D eigenvalue weighted by Gasteiger charge is 2.34. The predicted molar refractivity (Wildman–Crippen MR) is 64.8 cm³/mol. The van der Waals surface area contributed by atoms with Gasteiger partial charge < -0.3 is 5.11 Å². The van der Waals surface area contributed by atoms with Crippen LogP contribution < -0.4 is 0 Å². The Balaban J connectivity index is 3.62. The molecular weight excluding hydrogens is 286 g/mol. The average molecular weight is 297 g/mol. The second-order valence-corrected chi connectivity index (χ2v) is 5.70. The Morgan fingerprint density at radius 2 is 2.06 bits per heavy atom. The van der Waals surface area contributed by atoms with Crippen LogP contribution in [0.4, 0.5) is 8.78 Å². The van der Waals surface area contributed by atoms with Crippen LogP contribution in [-0.2, 0) is 16.2 Å². The van der Waals surface area contributed by atoms with Gasteiger partial charge in [0, 0.05) is 5.75 Å². The molecule has 0 bridgehead atoms. The summed E-state index contributed by atoms with van der Waals surface area (Å²) < 4.78 is 38.2. The summed E-state index contributed by atoms with van der Waals surface area (Å²) in [4.78, 5) is 10.7. The molecule has 0 spiro atoms. The number of rotatable bonds is 4. The van der Waals surface area contributed by atoms with Gasteiger partial charge in [-0.05, 0) is 36.2 Å². The summed E-state index contributed by atoms with van der Waals surface area (Å²) in [6.45, 7) is 2.90. The number of carboxylic acids is 1. The van der Waals surface area contributed by atoms with E-state index < -0.39 is 27.7 Å². The first-order valence-electron chi connectivity index (χ1n) is 5.02. The highest BCUT2D eigenvalue weighted by molar-refractivity contribution is 7.85. The van der Waals surface area contributed by atoms with Crippen molar-refractivity contribution in [2.75, 3.05) is 5.75 Å². The van der Waals surface area contributed by atoms with Gasteiger partial charge >= 0.3 is 11.4 Å². The molecule has 1 rings (SSSR count). The standard InChI is InChI=1S/C11H11ClF2O3S/c1-3-18(17)9-6(2)7(10(15)16)4-5-8(9)11(12,13)14/h4-5H,3H2,1-2H3,(H,15,16)/t18-/m1/s1. The first-order chi connectivity index (χ1) is 8.20. The van der Waals surface area contributed by atoms with E-state index in [1.807, 2.05) is 0 Å². The van der Waals surface area contributed by atoms with Crippen LogP contribution in [0.25, 0.3) is 0 Å². The Morgan fingerprint density at radius 3 is 2.44 bits per heavy atom. The highest BCUT2D eigenvalue weighted by Crippen LogP contribution is 2.38. The maximum Gasteiger partial charge on any atom is 0.349 e. The van der Waals surface area contributed by atoms with Gasteiger partial charge in [-0.2, -0.15) is 8.78 Å². The molecule has 0 aliphatic heterocycles. The molecule has 0 fully saturated rings. The number of carboxylic acid groups (broad SMARTS) is 1. The number of benzene rings is 1. The summed E-state index contributed by atoms with van der Waals surface area (Å²) in [5, 5.41) is 5.24. The van der Waals surface area contributed by atoms with E-state index in [0.717, 1.165) is 12.1 Å². The molecule has 1 atom stereocenters. The number of alkyl halides is 3. The zero-order chi connectivity index (χ0) is 14.1. The van der Waals surface area contributed by atoms with Gasteiger partial charge in [0.25, 0.3) is 0 Å². The molecule has 18 heavy (non-hydrogen) atoms. The maximum absolute atomic E-state index is 13.2. The lowest BCUT2D eigenvalue weighted by Crippen LogP contribution is -2.14. The molecule has 0 radical (unpaired) electrons. The third kappa shape index (κ3) is 2.87. The van der Waals surface area contributed by atoms with Crippen molar-refractivity contribution in [3.8, 4) is 0 Å². The molecular formula is C11H11ClF2O3S. The minimum Gasteiger partial charge on any atom is -0.478 e. The average Bonchev–Trinajstić information content (AvgIpc) is 2.25. The van der Waals surface area contributed by atoms with Crippen molar-refractivity contribution in [2.45, 2.75) is 24.1 Å². The van der Waals surface area contributed by atoms with Crippen LogP contribution in [0.15, 0.2) is 17.0 Å². The molecule has 0 saturated heterocycles. The zero-order valence-corrected chi connectivity index (χ0v) is 11.2. The Labute approximate surface area is 110 Å². The maximum atomic E-state index is 13.2. The van der Waals surface area contributed by atoms with E-state index in [9.17, 15) is 17.8 Å². The van der Waals surface area contributed by atoms with Crippen molar-refractivity contribution in [1.29, 1.82) is 0 Å². The number of carbonyl (C=O) groups is 1. The lowest BCUT2D eigenvalue weighted by Gasteiger charge is -2.16. The molecule has 1 aromatic rings. The minimum absolute atomic E-state index is 0.0560. The summed E-state index contributed by atoms with van der Waals surface area (Å²) in [6, 6.07) is 1.95. The largest absolute Gasteiger partial charge is 0.478 e. The van der Waals surface area contributed by atoms with Gasteiger partial charge in [-0.25, -0.2) is 4.79 Å². The van der Waals surface area contributed by atoms with Crippen molar-refractivity contribution < 1.29 is 22.9 Å². The zero-order valence-electron chi connectivity index (χ0n) is 9.67. The molecule has 3 nitrogen and oxygen atoms in total. The first kappa shape index (κ1) is 15.0. The first-order valence-corrected chi connectivity index (χ1v) is 6.72. The van der Waals surface area contributed by atoms with Crippen molar-refractivity contribution in [2.24, 2.45) is 0 Å². The van der Waals surface area contributed by atoms with E-state index in [0.29, 0.717) is 0 Å². The molecule has 0 aliphatic carbocycles. The fourth-order valence-electron chi connectivity index (χ4n) is 1.58. The Morgan fingerprint density at radius 1 is 1.50 bits per heavy atom. The molecule has 0 unspecified atom stereocenters. The van der Waals surface area contributed by atoms with E-state index in [2.05, 4.69) is 0 Å². The summed E-state index contributed by atoms with van der Waals surface area (Å²) in [7, 11) is -1.71.